The van der Waals surface area contributed by atoms with Crippen molar-refractivity contribution < 1.29 is 22.7 Å². The average molecular weight is 488 g/mol. The van der Waals surface area contributed by atoms with E-state index in [0.29, 0.717) is 35.2 Å². The van der Waals surface area contributed by atoms with Crippen LogP contribution in [0.25, 0.3) is 0 Å². The molecule has 34 heavy (non-hydrogen) atoms. The minimum Gasteiger partial charge on any atom is -0.490 e. The summed E-state index contributed by atoms with van der Waals surface area (Å²) in [5.41, 5.74) is 0.856. The summed E-state index contributed by atoms with van der Waals surface area (Å²) < 4.78 is 31.6. The number of hydrogen-bond donors (Lipinski definition) is 1. The van der Waals surface area contributed by atoms with Crippen LogP contribution in [0.2, 0.25) is 0 Å². The number of fused-ring (bicyclic) bond motifs is 1. The maximum Gasteiger partial charge on any atom is 0.255 e. The van der Waals surface area contributed by atoms with Crippen LogP contribution < -0.4 is 15.0 Å². The van der Waals surface area contributed by atoms with E-state index in [2.05, 4.69) is 19.2 Å². The van der Waals surface area contributed by atoms with Gasteiger partial charge in [-0.2, -0.15) is 0 Å². The number of rotatable bonds is 7. The van der Waals surface area contributed by atoms with E-state index in [9.17, 15) is 18.0 Å². The number of nitrogens with one attached hydrogen (secondary N) is 1. The number of benzene rings is 2. The summed E-state index contributed by atoms with van der Waals surface area (Å²) in [6.07, 6.45) is 0.860. The number of ether oxygens (including phenoxy) is 1. The molecule has 2 aromatic carbocycles. The third-order valence-corrected chi connectivity index (χ3v) is 7.58. The van der Waals surface area contributed by atoms with Crippen molar-refractivity contribution in [2.45, 2.75) is 39.0 Å². The van der Waals surface area contributed by atoms with E-state index in [-0.39, 0.29) is 23.3 Å². The van der Waals surface area contributed by atoms with E-state index in [1.807, 2.05) is 13.8 Å². The number of amides is 2. The van der Waals surface area contributed by atoms with Crippen molar-refractivity contribution in [2.75, 3.05) is 37.5 Å². The first-order chi connectivity index (χ1) is 15.8. The van der Waals surface area contributed by atoms with E-state index >= 15 is 0 Å². The fourth-order valence-electron chi connectivity index (χ4n) is 3.53. The Morgan fingerprint density at radius 3 is 2.38 bits per heavy atom. The highest BCUT2D eigenvalue weighted by Crippen LogP contribution is 2.38. The van der Waals surface area contributed by atoms with Gasteiger partial charge in [0.15, 0.2) is 0 Å². The van der Waals surface area contributed by atoms with Crippen LogP contribution in [0.3, 0.4) is 0 Å². The Hall–Kier alpha value is -2.91. The molecule has 0 saturated carbocycles. The first-order valence-electron chi connectivity index (χ1n) is 11.3. The molecule has 0 aromatic heterocycles. The van der Waals surface area contributed by atoms with Crippen molar-refractivity contribution in [3.05, 3.63) is 48.0 Å². The van der Waals surface area contributed by atoms with Gasteiger partial charge in [0.2, 0.25) is 15.9 Å². The Balaban J connectivity index is 1.83. The quantitative estimate of drug-likeness (QED) is 0.637. The molecule has 9 heteroatoms. The Morgan fingerprint density at radius 2 is 1.79 bits per heavy atom. The number of hydrogen-bond acceptors (Lipinski definition) is 5. The van der Waals surface area contributed by atoms with E-state index < -0.39 is 15.4 Å². The Morgan fingerprint density at radius 1 is 1.15 bits per heavy atom. The first kappa shape index (κ1) is 25.7. The van der Waals surface area contributed by atoms with E-state index in [0.717, 1.165) is 10.7 Å². The lowest BCUT2D eigenvalue weighted by atomic mass is 9.92. The Bertz CT molecular complexity index is 1170. The molecule has 0 bridgehead atoms. The molecular formula is C25H33N3O5S. The molecule has 0 radical (unpaired) electrons. The Labute approximate surface area is 201 Å². The molecule has 0 spiro atoms. The summed E-state index contributed by atoms with van der Waals surface area (Å²) in [4.78, 5) is 27.8. The second kappa shape index (κ2) is 9.76. The van der Waals surface area contributed by atoms with Gasteiger partial charge in [0, 0.05) is 38.0 Å². The molecule has 1 aliphatic heterocycles. The summed E-state index contributed by atoms with van der Waals surface area (Å²) in [6, 6.07) is 11.0. The molecule has 184 valence electrons. The zero-order valence-electron chi connectivity index (χ0n) is 20.6. The number of nitrogens with zero attached hydrogens (tertiary/aromatic N) is 2. The van der Waals surface area contributed by atoms with Crippen LogP contribution in [0, 0.1) is 11.3 Å². The van der Waals surface area contributed by atoms with Gasteiger partial charge in [-0.15, -0.1) is 0 Å². The minimum atomic E-state index is -3.57. The predicted molar refractivity (Wildman–Crippen MR) is 133 cm³/mol. The van der Waals surface area contributed by atoms with Gasteiger partial charge >= 0.3 is 0 Å². The van der Waals surface area contributed by atoms with Crippen molar-refractivity contribution in [3.8, 4) is 5.75 Å². The highest BCUT2D eigenvalue weighted by atomic mass is 32.2. The number of anilines is 2. The van der Waals surface area contributed by atoms with Crippen LogP contribution in [0.1, 0.15) is 44.5 Å². The summed E-state index contributed by atoms with van der Waals surface area (Å²) >= 11 is 0. The van der Waals surface area contributed by atoms with Crippen LogP contribution in [0.5, 0.6) is 5.75 Å². The highest BCUT2D eigenvalue weighted by molar-refractivity contribution is 7.89. The second-order valence-corrected chi connectivity index (χ2v) is 11.9. The van der Waals surface area contributed by atoms with Crippen molar-refractivity contribution >= 4 is 33.2 Å². The molecule has 1 aliphatic rings. The molecule has 1 heterocycles. The highest BCUT2D eigenvalue weighted by Gasteiger charge is 2.37. The fraction of sp³-hybridized carbons (Fsp3) is 0.440. The van der Waals surface area contributed by atoms with E-state index in [4.69, 9.17) is 4.74 Å². The first-order valence-corrected chi connectivity index (χ1v) is 12.7. The zero-order valence-corrected chi connectivity index (χ0v) is 21.4. The normalized spacial score (nSPS) is 15.6. The van der Waals surface area contributed by atoms with Crippen molar-refractivity contribution in [1.82, 2.24) is 4.31 Å². The third kappa shape index (κ3) is 5.42. The summed E-state index contributed by atoms with van der Waals surface area (Å²) in [5, 5.41) is 2.82. The fourth-order valence-corrected chi connectivity index (χ4v) is 4.43. The van der Waals surface area contributed by atoms with Crippen LogP contribution >= 0.6 is 0 Å². The van der Waals surface area contributed by atoms with E-state index in [1.165, 1.54) is 38.4 Å². The molecule has 8 nitrogen and oxygen atoms in total. The van der Waals surface area contributed by atoms with Gasteiger partial charge in [0.05, 0.1) is 16.0 Å². The van der Waals surface area contributed by atoms with Crippen LogP contribution in [-0.4, -0.2) is 51.8 Å². The van der Waals surface area contributed by atoms with Crippen molar-refractivity contribution in [1.29, 1.82) is 0 Å². The molecule has 0 atom stereocenters. The maximum absolute atomic E-state index is 13.2. The Kier molecular flexibility index (Phi) is 7.38. The van der Waals surface area contributed by atoms with Gasteiger partial charge in [-0.25, -0.2) is 12.7 Å². The number of carbonyl (C=O) groups excluding carboxylic acids is 2. The van der Waals surface area contributed by atoms with Crippen molar-refractivity contribution in [2.24, 2.45) is 11.3 Å². The molecule has 0 unspecified atom stereocenters. The molecule has 2 amide bonds. The maximum atomic E-state index is 13.2. The third-order valence-electron chi connectivity index (χ3n) is 5.75. The number of carbonyl (C=O) groups is 2. The molecule has 0 saturated heterocycles. The van der Waals surface area contributed by atoms with Crippen molar-refractivity contribution in [3.63, 3.8) is 0 Å². The summed E-state index contributed by atoms with van der Waals surface area (Å²) in [6.45, 7) is 8.79. The zero-order chi connectivity index (χ0) is 25.3. The topological polar surface area (TPSA) is 96.0 Å². The van der Waals surface area contributed by atoms with Gasteiger partial charge in [0.25, 0.3) is 5.91 Å². The molecule has 0 fully saturated rings. The molecule has 1 N–H and O–H groups in total. The molecule has 0 aliphatic carbocycles. The second-order valence-electron chi connectivity index (χ2n) is 9.76. The van der Waals surface area contributed by atoms with Gasteiger partial charge in [-0.1, -0.05) is 13.8 Å². The van der Waals surface area contributed by atoms with Crippen LogP contribution in [0.4, 0.5) is 11.4 Å². The summed E-state index contributed by atoms with van der Waals surface area (Å²) in [5.74, 6) is 0.612. The minimum absolute atomic E-state index is 0.0106. The number of sulfonamides is 1. The van der Waals surface area contributed by atoms with Gasteiger partial charge < -0.3 is 15.0 Å². The molecular weight excluding hydrogens is 454 g/mol. The molecule has 2 aromatic rings. The lowest BCUT2D eigenvalue weighted by Crippen LogP contribution is -2.42. The molecule has 3 rings (SSSR count). The van der Waals surface area contributed by atoms with Gasteiger partial charge in [-0.3, -0.25) is 9.59 Å². The predicted octanol–water partition coefficient (Wildman–Crippen LogP) is 3.99. The largest absolute Gasteiger partial charge is 0.490 e. The van der Waals surface area contributed by atoms with Gasteiger partial charge in [-0.05, 0) is 62.6 Å². The summed E-state index contributed by atoms with van der Waals surface area (Å²) in [7, 11) is -0.662. The van der Waals surface area contributed by atoms with Crippen LogP contribution in [-0.2, 0) is 14.8 Å². The SMILES string of the molecule is CC(C)CCN1C(=O)C(C)(C)COc2cc(NC(=O)c3ccc(S(=O)(=O)N(C)C)cc3)ccc21. The van der Waals surface area contributed by atoms with E-state index in [1.54, 1.807) is 23.1 Å². The standard InChI is InChI=1S/C25H33N3O5S/c1-17(2)13-14-28-21-12-9-19(15-22(21)33-16-25(3,4)24(28)30)26-23(29)18-7-10-20(11-8-18)34(31,32)27(5)6/h7-12,15,17H,13-14,16H2,1-6H3,(H,26,29). The van der Waals surface area contributed by atoms with Crippen LogP contribution in [0.15, 0.2) is 47.4 Å². The lowest BCUT2D eigenvalue weighted by Gasteiger charge is -2.28. The monoisotopic (exact) mass is 487 g/mol. The lowest BCUT2D eigenvalue weighted by molar-refractivity contribution is -0.127. The van der Waals surface area contributed by atoms with Gasteiger partial charge in [0.1, 0.15) is 12.4 Å². The smallest absolute Gasteiger partial charge is 0.255 e. The average Bonchev–Trinajstić information content (AvgIpc) is 2.86.